The topological polar surface area (TPSA) is 80.8 Å². The maximum absolute atomic E-state index is 13.1. The zero-order valence-electron chi connectivity index (χ0n) is 18.0. The van der Waals surface area contributed by atoms with E-state index in [1.807, 2.05) is 19.9 Å². The molecule has 3 fully saturated rings. The molecule has 1 aromatic carbocycles. The number of likely N-dealkylation sites (tertiary alicyclic amines) is 1. The summed E-state index contributed by atoms with van der Waals surface area (Å²) in [4.78, 5) is 52.7. The van der Waals surface area contributed by atoms with Crippen molar-refractivity contribution < 1.29 is 23.9 Å². The van der Waals surface area contributed by atoms with Gasteiger partial charge in [0.1, 0.15) is 6.04 Å². The molecule has 1 aliphatic heterocycles. The molecule has 160 valence electrons. The predicted molar refractivity (Wildman–Crippen MR) is 109 cm³/mol. The lowest BCUT2D eigenvalue weighted by atomic mass is 9.81. The third-order valence-electron chi connectivity index (χ3n) is 7.29. The van der Waals surface area contributed by atoms with Crippen LogP contribution in [0.1, 0.15) is 54.6 Å². The summed E-state index contributed by atoms with van der Waals surface area (Å²) in [6, 6.07) is 4.36. The first kappa shape index (κ1) is 20.8. The van der Waals surface area contributed by atoms with Gasteiger partial charge in [-0.1, -0.05) is 26.0 Å². The number of amides is 2. The summed E-state index contributed by atoms with van der Waals surface area (Å²) >= 11 is 0. The molecule has 2 saturated carbocycles. The number of Topliss-reactive ketones (excluding diaryl/α,β-unsaturated/α-hetero) is 1. The Morgan fingerprint density at radius 1 is 1.03 bits per heavy atom. The van der Waals surface area contributed by atoms with E-state index in [2.05, 4.69) is 0 Å². The van der Waals surface area contributed by atoms with Crippen molar-refractivity contribution in [3.05, 3.63) is 34.9 Å². The van der Waals surface area contributed by atoms with Gasteiger partial charge in [0.15, 0.2) is 12.4 Å². The second-order valence-corrected chi connectivity index (χ2v) is 9.45. The highest BCUT2D eigenvalue weighted by Crippen LogP contribution is 2.56. The van der Waals surface area contributed by atoms with Crippen molar-refractivity contribution in [2.24, 2.45) is 29.6 Å². The van der Waals surface area contributed by atoms with Gasteiger partial charge in [0.25, 0.3) is 0 Å². The molecule has 2 aliphatic carbocycles. The normalized spacial score (nSPS) is 28.2. The average molecular weight is 411 g/mol. The first-order valence-electron chi connectivity index (χ1n) is 10.8. The number of esters is 1. The molecule has 0 radical (unpaired) electrons. The van der Waals surface area contributed by atoms with Crippen LogP contribution in [0.4, 0.5) is 0 Å². The molecule has 0 N–H and O–H groups in total. The van der Waals surface area contributed by atoms with Gasteiger partial charge < -0.3 is 4.74 Å². The average Bonchev–Trinajstić information content (AvgIpc) is 3.38. The van der Waals surface area contributed by atoms with Crippen molar-refractivity contribution in [1.82, 2.24) is 4.90 Å². The van der Waals surface area contributed by atoms with Gasteiger partial charge in [0.05, 0.1) is 11.8 Å². The van der Waals surface area contributed by atoms with Gasteiger partial charge in [-0.2, -0.15) is 0 Å². The zero-order chi connectivity index (χ0) is 21.7. The van der Waals surface area contributed by atoms with Crippen molar-refractivity contribution in [3.8, 4) is 0 Å². The Kier molecular flexibility index (Phi) is 5.28. The Morgan fingerprint density at radius 2 is 1.63 bits per heavy atom. The summed E-state index contributed by atoms with van der Waals surface area (Å²) in [5.41, 5.74) is 2.54. The number of carbonyl (C=O) groups excluding carboxylic acids is 4. The van der Waals surface area contributed by atoms with E-state index in [4.69, 9.17) is 4.74 Å². The first-order chi connectivity index (χ1) is 14.2. The van der Waals surface area contributed by atoms with Gasteiger partial charge in [-0.15, -0.1) is 0 Å². The summed E-state index contributed by atoms with van der Waals surface area (Å²) in [6.07, 6.45) is 2.92. The molecule has 6 heteroatoms. The van der Waals surface area contributed by atoms with Crippen molar-refractivity contribution in [3.63, 3.8) is 0 Å². The summed E-state index contributed by atoms with van der Waals surface area (Å²) < 4.78 is 5.32. The lowest BCUT2D eigenvalue weighted by molar-refractivity contribution is -0.160. The van der Waals surface area contributed by atoms with Crippen molar-refractivity contribution in [2.75, 3.05) is 6.61 Å². The van der Waals surface area contributed by atoms with E-state index in [0.29, 0.717) is 5.56 Å². The molecule has 4 rings (SSSR count). The van der Waals surface area contributed by atoms with Crippen LogP contribution in [-0.2, 0) is 19.1 Å². The lowest BCUT2D eigenvalue weighted by Crippen LogP contribution is -2.50. The maximum atomic E-state index is 13.1. The molecular weight excluding hydrogens is 382 g/mol. The summed E-state index contributed by atoms with van der Waals surface area (Å²) in [5, 5.41) is 0. The minimum atomic E-state index is -0.984. The van der Waals surface area contributed by atoms with E-state index in [1.54, 1.807) is 26.0 Å². The number of aryl methyl sites for hydroxylation is 2. The van der Waals surface area contributed by atoms with Crippen molar-refractivity contribution in [2.45, 2.75) is 53.0 Å². The van der Waals surface area contributed by atoms with Crippen LogP contribution in [0, 0.1) is 43.4 Å². The molecule has 6 nitrogen and oxygen atoms in total. The number of fused-ring (bicyclic) bond motifs is 5. The van der Waals surface area contributed by atoms with Gasteiger partial charge >= 0.3 is 5.97 Å². The highest BCUT2D eigenvalue weighted by atomic mass is 16.5. The van der Waals surface area contributed by atoms with Crippen LogP contribution >= 0.6 is 0 Å². The summed E-state index contributed by atoms with van der Waals surface area (Å²) in [6.45, 7) is 7.06. The smallest absolute Gasteiger partial charge is 0.330 e. The second-order valence-electron chi connectivity index (χ2n) is 9.45. The van der Waals surface area contributed by atoms with E-state index >= 15 is 0 Å². The van der Waals surface area contributed by atoms with Crippen LogP contribution in [0.3, 0.4) is 0 Å². The molecule has 1 saturated heterocycles. The van der Waals surface area contributed by atoms with Gasteiger partial charge in [0.2, 0.25) is 11.8 Å². The Bertz CT molecular complexity index is 892. The summed E-state index contributed by atoms with van der Waals surface area (Å²) in [5.74, 6) is -1.77. The molecule has 1 aromatic rings. The van der Waals surface area contributed by atoms with Crippen LogP contribution in [0.5, 0.6) is 0 Å². The first-order valence-corrected chi connectivity index (χ1v) is 10.8. The number of benzene rings is 1. The van der Waals surface area contributed by atoms with E-state index in [1.165, 1.54) is 0 Å². The van der Waals surface area contributed by atoms with Gasteiger partial charge in [-0.25, -0.2) is 4.79 Å². The molecule has 0 aromatic heterocycles. The highest BCUT2D eigenvalue weighted by Gasteiger charge is 2.62. The van der Waals surface area contributed by atoms with Gasteiger partial charge in [-0.05, 0) is 68.1 Å². The largest absolute Gasteiger partial charge is 0.456 e. The molecule has 5 atom stereocenters. The SMILES string of the molecule is Cc1ccc(C(=O)COC(=O)[C@@H](C(C)C)N2C(=O)[C@@H]3[C@@H]4CC[C@@H](C4)[C@@H]3C2=O)cc1C. The van der Waals surface area contributed by atoms with Crippen LogP contribution in [0.15, 0.2) is 18.2 Å². The molecular formula is C24H29NO5. The van der Waals surface area contributed by atoms with Gasteiger partial charge in [-0.3, -0.25) is 19.3 Å². The fourth-order valence-corrected chi connectivity index (χ4v) is 5.60. The van der Waals surface area contributed by atoms with E-state index in [0.717, 1.165) is 35.3 Å². The molecule has 0 unspecified atom stereocenters. The number of hydrogen-bond donors (Lipinski definition) is 0. The monoisotopic (exact) mass is 411 g/mol. The number of imide groups is 1. The Morgan fingerprint density at radius 3 is 2.17 bits per heavy atom. The van der Waals surface area contributed by atoms with Crippen LogP contribution in [-0.4, -0.2) is 41.1 Å². The fraction of sp³-hybridized carbons (Fsp3) is 0.583. The van der Waals surface area contributed by atoms with Crippen molar-refractivity contribution in [1.29, 1.82) is 0 Å². The minimum Gasteiger partial charge on any atom is -0.456 e. The van der Waals surface area contributed by atoms with Crippen LogP contribution < -0.4 is 0 Å². The van der Waals surface area contributed by atoms with Crippen LogP contribution in [0.25, 0.3) is 0 Å². The number of nitrogens with zero attached hydrogens (tertiary/aromatic N) is 1. The minimum absolute atomic E-state index is 0.228. The highest BCUT2D eigenvalue weighted by molar-refractivity contribution is 6.09. The molecule has 1 heterocycles. The maximum Gasteiger partial charge on any atom is 0.330 e. The third-order valence-corrected chi connectivity index (χ3v) is 7.29. The van der Waals surface area contributed by atoms with E-state index < -0.39 is 18.6 Å². The number of ether oxygens (including phenoxy) is 1. The Labute approximate surface area is 177 Å². The third kappa shape index (κ3) is 3.26. The van der Waals surface area contributed by atoms with Crippen LogP contribution in [0.2, 0.25) is 0 Å². The van der Waals surface area contributed by atoms with E-state index in [-0.39, 0.29) is 47.2 Å². The quantitative estimate of drug-likeness (QED) is 0.408. The Balaban J connectivity index is 1.47. The second kappa shape index (κ2) is 7.64. The number of rotatable bonds is 6. The molecule has 30 heavy (non-hydrogen) atoms. The number of carbonyl (C=O) groups is 4. The standard InChI is InChI=1S/C24H29NO5/c1-12(2)21(24(29)30-11-18(26)15-6-5-13(3)14(4)9-15)25-22(27)19-16-7-8-17(10-16)20(19)23(25)28/h5-6,9,12,16-17,19-21H,7-8,10-11H2,1-4H3/t16-,17+,19-,20+,21-/m1/s1. The zero-order valence-corrected chi connectivity index (χ0v) is 18.0. The van der Waals surface area contributed by atoms with E-state index in [9.17, 15) is 19.2 Å². The summed E-state index contributed by atoms with van der Waals surface area (Å²) in [7, 11) is 0. The molecule has 2 amide bonds. The lowest BCUT2D eigenvalue weighted by Gasteiger charge is -2.28. The van der Waals surface area contributed by atoms with Crippen molar-refractivity contribution >= 4 is 23.6 Å². The number of ketones is 1. The number of hydrogen-bond acceptors (Lipinski definition) is 5. The predicted octanol–water partition coefficient (Wildman–Crippen LogP) is 3.09. The molecule has 0 spiro atoms. The fourth-order valence-electron chi connectivity index (χ4n) is 5.60. The molecule has 2 bridgehead atoms. The van der Waals surface area contributed by atoms with Gasteiger partial charge in [0, 0.05) is 5.56 Å². The molecule has 3 aliphatic rings. The Hall–Kier alpha value is -2.50.